The van der Waals surface area contributed by atoms with Gasteiger partial charge in [0.2, 0.25) is 0 Å². The van der Waals surface area contributed by atoms with Crippen LogP contribution in [0.1, 0.15) is 47.5 Å². The molecule has 0 fully saturated rings. The SMILES string of the molecule is CCC([O-])(CC)C(C)(C)C. The van der Waals surface area contributed by atoms with Gasteiger partial charge in [-0.3, -0.25) is 0 Å². The zero-order valence-electron chi connectivity index (χ0n) is 7.82. The molecule has 0 saturated heterocycles. The average Bonchev–Trinajstić information content (AvgIpc) is 1.84. The van der Waals surface area contributed by atoms with Crippen LogP contribution in [-0.2, 0) is 0 Å². The van der Waals surface area contributed by atoms with Gasteiger partial charge in [-0.25, -0.2) is 0 Å². The summed E-state index contributed by atoms with van der Waals surface area (Å²) in [7, 11) is 0. The van der Waals surface area contributed by atoms with E-state index in [2.05, 4.69) is 0 Å². The van der Waals surface area contributed by atoms with Crippen LogP contribution in [0.25, 0.3) is 0 Å². The minimum atomic E-state index is -0.729. The molecule has 0 radical (unpaired) electrons. The van der Waals surface area contributed by atoms with Gasteiger partial charge in [0.05, 0.1) is 0 Å². The predicted molar refractivity (Wildman–Crippen MR) is 42.8 cm³/mol. The monoisotopic (exact) mass is 143 g/mol. The summed E-state index contributed by atoms with van der Waals surface area (Å²) in [6.45, 7) is 10.0. The Hall–Kier alpha value is -0.0400. The third kappa shape index (κ3) is 1.72. The smallest absolute Gasteiger partial charge is 0.0479 e. The highest BCUT2D eigenvalue weighted by Crippen LogP contribution is 2.32. The van der Waals surface area contributed by atoms with Crippen molar-refractivity contribution in [3.63, 3.8) is 0 Å². The molecule has 0 aromatic carbocycles. The van der Waals surface area contributed by atoms with E-state index in [0.717, 1.165) is 12.8 Å². The number of rotatable bonds is 2. The Kier molecular flexibility index (Phi) is 2.90. The van der Waals surface area contributed by atoms with Gasteiger partial charge in [0.25, 0.3) is 0 Å². The first kappa shape index (κ1) is 9.96. The quantitative estimate of drug-likeness (QED) is 0.579. The molecule has 1 heteroatoms. The molecule has 0 aliphatic rings. The summed E-state index contributed by atoms with van der Waals surface area (Å²) in [5, 5.41) is 11.9. The molecule has 0 saturated carbocycles. The topological polar surface area (TPSA) is 23.1 Å². The molecule has 0 rings (SSSR count). The van der Waals surface area contributed by atoms with Crippen molar-refractivity contribution in [1.29, 1.82) is 0 Å². The van der Waals surface area contributed by atoms with Crippen LogP contribution in [0.15, 0.2) is 0 Å². The molecule has 0 aromatic rings. The largest absolute Gasteiger partial charge is 0.849 e. The van der Waals surface area contributed by atoms with Gasteiger partial charge in [-0.2, -0.15) is 0 Å². The Morgan fingerprint density at radius 3 is 1.30 bits per heavy atom. The van der Waals surface area contributed by atoms with E-state index < -0.39 is 5.60 Å². The third-order valence-corrected chi connectivity index (χ3v) is 2.51. The molecule has 0 heterocycles. The second kappa shape index (κ2) is 2.91. The lowest BCUT2D eigenvalue weighted by molar-refractivity contribution is -0.506. The molecular formula is C9H19O-. The van der Waals surface area contributed by atoms with Crippen molar-refractivity contribution in [2.75, 3.05) is 0 Å². The van der Waals surface area contributed by atoms with Crippen molar-refractivity contribution in [3.05, 3.63) is 0 Å². The predicted octanol–water partition coefficient (Wildman–Crippen LogP) is 1.95. The molecule has 0 atom stereocenters. The van der Waals surface area contributed by atoms with E-state index >= 15 is 0 Å². The van der Waals surface area contributed by atoms with Crippen LogP contribution in [0.2, 0.25) is 0 Å². The van der Waals surface area contributed by atoms with Gasteiger partial charge in [-0.15, -0.1) is 5.60 Å². The molecule has 0 aliphatic heterocycles. The van der Waals surface area contributed by atoms with Gasteiger partial charge in [0, 0.05) is 0 Å². The highest BCUT2D eigenvalue weighted by Gasteiger charge is 2.26. The molecule has 1 nitrogen and oxygen atoms in total. The first-order valence-electron chi connectivity index (χ1n) is 4.08. The zero-order valence-corrected chi connectivity index (χ0v) is 7.82. The molecule has 10 heavy (non-hydrogen) atoms. The maximum Gasteiger partial charge on any atom is -0.0479 e. The summed E-state index contributed by atoms with van der Waals surface area (Å²) in [6.07, 6.45) is 1.46. The Bertz CT molecular complexity index is 95.8. The minimum absolute atomic E-state index is 0.101. The first-order chi connectivity index (χ1) is 4.37. The lowest BCUT2D eigenvalue weighted by atomic mass is 9.73. The van der Waals surface area contributed by atoms with Crippen molar-refractivity contribution in [3.8, 4) is 0 Å². The van der Waals surface area contributed by atoms with Crippen LogP contribution < -0.4 is 5.11 Å². The van der Waals surface area contributed by atoms with Crippen LogP contribution in [0.3, 0.4) is 0 Å². The minimum Gasteiger partial charge on any atom is -0.849 e. The van der Waals surface area contributed by atoms with E-state index in [1.165, 1.54) is 0 Å². The number of hydrogen-bond donors (Lipinski definition) is 0. The van der Waals surface area contributed by atoms with Crippen LogP contribution in [-0.4, -0.2) is 5.60 Å². The Balaban J connectivity index is 4.33. The van der Waals surface area contributed by atoms with Crippen LogP contribution >= 0.6 is 0 Å². The Morgan fingerprint density at radius 2 is 1.30 bits per heavy atom. The molecule has 62 valence electrons. The van der Waals surface area contributed by atoms with E-state index in [-0.39, 0.29) is 5.41 Å². The number of hydrogen-bond acceptors (Lipinski definition) is 1. The van der Waals surface area contributed by atoms with E-state index in [4.69, 9.17) is 0 Å². The van der Waals surface area contributed by atoms with Crippen LogP contribution in [0.5, 0.6) is 0 Å². The van der Waals surface area contributed by atoms with Crippen molar-refractivity contribution in [2.24, 2.45) is 5.41 Å². The van der Waals surface area contributed by atoms with Gasteiger partial charge >= 0.3 is 0 Å². The van der Waals surface area contributed by atoms with E-state index in [1.807, 2.05) is 34.6 Å². The van der Waals surface area contributed by atoms with Crippen LogP contribution in [0, 0.1) is 5.41 Å². The van der Waals surface area contributed by atoms with E-state index in [1.54, 1.807) is 0 Å². The first-order valence-corrected chi connectivity index (χ1v) is 4.08. The maximum absolute atomic E-state index is 11.9. The van der Waals surface area contributed by atoms with Crippen molar-refractivity contribution in [2.45, 2.75) is 53.1 Å². The van der Waals surface area contributed by atoms with Crippen molar-refractivity contribution < 1.29 is 5.11 Å². The fraction of sp³-hybridized carbons (Fsp3) is 1.00. The molecule has 0 amide bonds. The standard InChI is InChI=1S/C9H19O/c1-6-9(10,7-2)8(3,4)5/h6-7H2,1-5H3/q-1. The molecule has 0 spiro atoms. The molecule has 0 bridgehead atoms. The molecule has 0 aliphatic carbocycles. The lowest BCUT2D eigenvalue weighted by Gasteiger charge is -2.51. The highest BCUT2D eigenvalue weighted by molar-refractivity contribution is 4.86. The maximum atomic E-state index is 11.9. The summed E-state index contributed by atoms with van der Waals surface area (Å²) in [4.78, 5) is 0. The van der Waals surface area contributed by atoms with E-state index in [9.17, 15) is 5.11 Å². The molecule has 0 unspecified atom stereocenters. The average molecular weight is 143 g/mol. The molecule has 0 N–H and O–H groups in total. The van der Waals surface area contributed by atoms with E-state index in [0.29, 0.717) is 0 Å². The highest BCUT2D eigenvalue weighted by atomic mass is 16.3. The zero-order chi connectivity index (χ0) is 8.41. The van der Waals surface area contributed by atoms with Gasteiger partial charge < -0.3 is 5.11 Å². The van der Waals surface area contributed by atoms with Crippen LogP contribution in [0.4, 0.5) is 0 Å². The fourth-order valence-electron chi connectivity index (χ4n) is 1.31. The van der Waals surface area contributed by atoms with Crippen molar-refractivity contribution in [1.82, 2.24) is 0 Å². The van der Waals surface area contributed by atoms with Gasteiger partial charge in [0.15, 0.2) is 0 Å². The van der Waals surface area contributed by atoms with Gasteiger partial charge in [0.1, 0.15) is 0 Å². The second-order valence-corrected chi connectivity index (χ2v) is 3.95. The summed E-state index contributed by atoms with van der Waals surface area (Å²) in [5.74, 6) is 0. The van der Waals surface area contributed by atoms with Crippen molar-refractivity contribution >= 4 is 0 Å². The second-order valence-electron chi connectivity index (χ2n) is 3.95. The summed E-state index contributed by atoms with van der Waals surface area (Å²) in [6, 6.07) is 0. The van der Waals surface area contributed by atoms with Gasteiger partial charge in [-0.1, -0.05) is 47.5 Å². The van der Waals surface area contributed by atoms with Gasteiger partial charge in [-0.05, 0) is 5.41 Å². The fourth-order valence-corrected chi connectivity index (χ4v) is 1.31. The molecule has 0 aromatic heterocycles. The normalized spacial score (nSPS) is 13.8. The lowest BCUT2D eigenvalue weighted by Crippen LogP contribution is -2.53. The molecular weight excluding hydrogens is 124 g/mol. The summed E-state index contributed by atoms with van der Waals surface area (Å²) in [5.41, 5.74) is -0.830. The third-order valence-electron chi connectivity index (χ3n) is 2.51. The Morgan fingerprint density at radius 1 is 1.00 bits per heavy atom. The summed E-state index contributed by atoms with van der Waals surface area (Å²) >= 11 is 0. The summed E-state index contributed by atoms with van der Waals surface area (Å²) < 4.78 is 0. The Labute approximate surface area is 64.5 Å².